The molecular weight excluding hydrogens is 302 g/mol. The molecule has 108 valence electrons. The zero-order chi connectivity index (χ0) is 14.8. The summed E-state index contributed by atoms with van der Waals surface area (Å²) in [5.41, 5.74) is 0. The fourth-order valence-electron chi connectivity index (χ4n) is 1.56. The fourth-order valence-corrected chi connectivity index (χ4v) is 3.95. The van der Waals surface area contributed by atoms with Crippen molar-refractivity contribution in [2.45, 2.75) is 24.1 Å². The lowest BCUT2D eigenvalue weighted by atomic mass is 10.3. The van der Waals surface area contributed by atoms with Gasteiger partial charge in [0, 0.05) is 4.88 Å². The van der Waals surface area contributed by atoms with Crippen LogP contribution in [0.15, 0.2) is 32.9 Å². The molecule has 20 heavy (non-hydrogen) atoms. The van der Waals surface area contributed by atoms with E-state index in [0.29, 0.717) is 16.4 Å². The number of hydrogen-bond acceptors (Lipinski definition) is 5. The molecule has 0 aliphatic rings. The summed E-state index contributed by atoms with van der Waals surface area (Å²) >= 11 is 0.947. The Morgan fingerprint density at radius 1 is 1.35 bits per heavy atom. The second-order valence-corrected chi connectivity index (χ2v) is 7.29. The normalized spacial score (nSPS) is 11.7. The molecule has 8 heteroatoms. The maximum atomic E-state index is 12.0. The van der Waals surface area contributed by atoms with Crippen LogP contribution in [0.3, 0.4) is 0 Å². The van der Waals surface area contributed by atoms with Gasteiger partial charge in [-0.1, -0.05) is 0 Å². The van der Waals surface area contributed by atoms with Crippen molar-refractivity contribution in [3.8, 4) is 0 Å². The number of aryl methyl sites for hydroxylation is 1. The molecule has 0 aromatic carbocycles. The lowest BCUT2D eigenvalue weighted by Gasteiger charge is -2.02. The monoisotopic (exact) mass is 315 g/mol. The second-order valence-electron chi connectivity index (χ2n) is 4.13. The largest absolute Gasteiger partial charge is 0.481 e. The van der Waals surface area contributed by atoms with Gasteiger partial charge in [0.25, 0.3) is 0 Å². The van der Waals surface area contributed by atoms with E-state index in [1.165, 1.54) is 12.1 Å². The van der Waals surface area contributed by atoms with Crippen molar-refractivity contribution in [2.24, 2.45) is 0 Å². The molecule has 0 saturated carbocycles. The molecule has 2 aromatic heterocycles. The topological polar surface area (TPSA) is 96.6 Å². The average Bonchev–Trinajstić information content (AvgIpc) is 2.95. The SMILES string of the molecule is Cc1ccc(CNS(=O)(=O)c2ccc(CC(=O)O)s2)o1. The number of furan rings is 1. The van der Waals surface area contributed by atoms with Crippen molar-refractivity contribution in [1.82, 2.24) is 4.72 Å². The van der Waals surface area contributed by atoms with Gasteiger partial charge in [-0.25, -0.2) is 13.1 Å². The highest BCUT2D eigenvalue weighted by Gasteiger charge is 2.18. The quantitative estimate of drug-likeness (QED) is 0.846. The Morgan fingerprint density at radius 2 is 2.10 bits per heavy atom. The second kappa shape index (κ2) is 5.78. The van der Waals surface area contributed by atoms with Crippen LogP contribution in [0.25, 0.3) is 0 Å². The highest BCUT2D eigenvalue weighted by Crippen LogP contribution is 2.22. The van der Waals surface area contributed by atoms with E-state index in [1.807, 2.05) is 0 Å². The van der Waals surface area contributed by atoms with E-state index in [4.69, 9.17) is 9.52 Å². The highest BCUT2D eigenvalue weighted by molar-refractivity contribution is 7.91. The summed E-state index contributed by atoms with van der Waals surface area (Å²) in [6.45, 7) is 1.83. The molecule has 0 radical (unpaired) electrons. The number of hydrogen-bond donors (Lipinski definition) is 2. The van der Waals surface area contributed by atoms with E-state index < -0.39 is 16.0 Å². The molecule has 0 fully saturated rings. The zero-order valence-corrected chi connectivity index (χ0v) is 12.3. The van der Waals surface area contributed by atoms with Crippen LogP contribution in [-0.2, 0) is 27.8 Å². The summed E-state index contributed by atoms with van der Waals surface area (Å²) in [4.78, 5) is 11.1. The number of rotatable bonds is 6. The van der Waals surface area contributed by atoms with E-state index in [0.717, 1.165) is 11.3 Å². The maximum Gasteiger partial charge on any atom is 0.308 e. The van der Waals surface area contributed by atoms with Crippen molar-refractivity contribution in [2.75, 3.05) is 0 Å². The molecule has 0 atom stereocenters. The number of carboxylic acid groups (broad SMARTS) is 1. The predicted octanol–water partition coefficient (Wildman–Crippen LogP) is 1.76. The Morgan fingerprint density at radius 3 is 2.70 bits per heavy atom. The number of carbonyl (C=O) groups is 1. The first-order valence-corrected chi connectivity index (χ1v) is 8.02. The zero-order valence-electron chi connectivity index (χ0n) is 10.6. The average molecular weight is 315 g/mol. The van der Waals surface area contributed by atoms with E-state index in [-0.39, 0.29) is 17.2 Å². The van der Waals surface area contributed by atoms with Crippen LogP contribution in [0.2, 0.25) is 0 Å². The highest BCUT2D eigenvalue weighted by atomic mass is 32.2. The first-order chi connectivity index (χ1) is 9.37. The van der Waals surface area contributed by atoms with E-state index >= 15 is 0 Å². The molecule has 2 N–H and O–H groups in total. The van der Waals surface area contributed by atoms with Gasteiger partial charge in [0.15, 0.2) is 0 Å². The van der Waals surface area contributed by atoms with Gasteiger partial charge in [-0.15, -0.1) is 11.3 Å². The lowest BCUT2D eigenvalue weighted by molar-refractivity contribution is -0.136. The molecule has 0 saturated heterocycles. The predicted molar refractivity (Wildman–Crippen MR) is 73.1 cm³/mol. The molecule has 0 aliphatic carbocycles. The first-order valence-electron chi connectivity index (χ1n) is 5.72. The summed E-state index contributed by atoms with van der Waals surface area (Å²) in [6.07, 6.45) is -0.183. The molecule has 0 aliphatic heterocycles. The van der Waals surface area contributed by atoms with Crippen molar-refractivity contribution in [3.05, 3.63) is 40.7 Å². The summed E-state index contributed by atoms with van der Waals surface area (Å²) in [7, 11) is -3.65. The van der Waals surface area contributed by atoms with E-state index in [2.05, 4.69) is 4.72 Å². The van der Waals surface area contributed by atoms with Crippen molar-refractivity contribution < 1.29 is 22.7 Å². The van der Waals surface area contributed by atoms with Crippen LogP contribution in [0.4, 0.5) is 0 Å². The summed E-state index contributed by atoms with van der Waals surface area (Å²) < 4.78 is 31.8. The summed E-state index contributed by atoms with van der Waals surface area (Å²) in [5, 5.41) is 8.66. The Kier molecular flexibility index (Phi) is 4.26. The molecule has 2 rings (SSSR count). The third kappa shape index (κ3) is 3.69. The number of aliphatic carboxylic acids is 1. The molecule has 0 spiro atoms. The molecule has 0 unspecified atom stereocenters. The molecule has 0 bridgehead atoms. The number of carboxylic acids is 1. The van der Waals surface area contributed by atoms with Gasteiger partial charge in [-0.2, -0.15) is 0 Å². The minimum absolute atomic E-state index is 0.0579. The summed E-state index contributed by atoms with van der Waals surface area (Å²) in [5.74, 6) is 0.238. The summed E-state index contributed by atoms with van der Waals surface area (Å²) in [6, 6.07) is 6.35. The first kappa shape index (κ1) is 14.8. The minimum atomic E-state index is -3.65. The van der Waals surface area contributed by atoms with Crippen molar-refractivity contribution >= 4 is 27.3 Å². The standard InChI is InChI=1S/C12H13NO5S2/c1-8-2-3-9(18-8)7-13-20(16,17)12-5-4-10(19-12)6-11(14)15/h2-5,13H,6-7H2,1H3,(H,14,15). The Hall–Kier alpha value is -1.64. The van der Waals surface area contributed by atoms with Crippen LogP contribution >= 0.6 is 11.3 Å². The third-order valence-electron chi connectivity index (χ3n) is 2.46. The van der Waals surface area contributed by atoms with Gasteiger partial charge in [-0.05, 0) is 31.2 Å². The van der Waals surface area contributed by atoms with Gasteiger partial charge in [0.1, 0.15) is 15.7 Å². The van der Waals surface area contributed by atoms with Gasteiger partial charge in [0.2, 0.25) is 10.0 Å². The van der Waals surface area contributed by atoms with Crippen LogP contribution in [0.1, 0.15) is 16.4 Å². The Labute approximate surface area is 120 Å². The Balaban J connectivity index is 2.06. The number of nitrogens with one attached hydrogen (secondary N) is 1. The maximum absolute atomic E-state index is 12.0. The lowest BCUT2D eigenvalue weighted by Crippen LogP contribution is -2.22. The molecule has 2 aromatic rings. The number of thiophene rings is 1. The van der Waals surface area contributed by atoms with E-state index in [9.17, 15) is 13.2 Å². The molecule has 6 nitrogen and oxygen atoms in total. The van der Waals surface area contributed by atoms with Gasteiger partial charge in [0.05, 0.1) is 13.0 Å². The molecule has 0 amide bonds. The fraction of sp³-hybridized carbons (Fsp3) is 0.250. The van der Waals surface area contributed by atoms with Crippen molar-refractivity contribution in [1.29, 1.82) is 0 Å². The Bertz CT molecular complexity index is 714. The van der Waals surface area contributed by atoms with Crippen LogP contribution in [0.5, 0.6) is 0 Å². The smallest absolute Gasteiger partial charge is 0.308 e. The van der Waals surface area contributed by atoms with Crippen LogP contribution < -0.4 is 4.72 Å². The van der Waals surface area contributed by atoms with Crippen LogP contribution in [0, 0.1) is 6.92 Å². The third-order valence-corrected chi connectivity index (χ3v) is 5.44. The van der Waals surface area contributed by atoms with E-state index in [1.54, 1.807) is 19.1 Å². The van der Waals surface area contributed by atoms with Crippen molar-refractivity contribution in [3.63, 3.8) is 0 Å². The molecule has 2 heterocycles. The minimum Gasteiger partial charge on any atom is -0.481 e. The number of sulfonamides is 1. The van der Waals surface area contributed by atoms with Gasteiger partial charge in [-0.3, -0.25) is 4.79 Å². The van der Waals surface area contributed by atoms with Gasteiger partial charge >= 0.3 is 5.97 Å². The van der Waals surface area contributed by atoms with Crippen LogP contribution in [-0.4, -0.2) is 19.5 Å². The molecular formula is C12H13NO5S2. The van der Waals surface area contributed by atoms with Gasteiger partial charge < -0.3 is 9.52 Å².